The van der Waals surface area contributed by atoms with Crippen molar-refractivity contribution in [2.75, 3.05) is 18.0 Å². The first kappa shape index (κ1) is 17.3. The van der Waals surface area contributed by atoms with Crippen LogP contribution in [0.3, 0.4) is 0 Å². The van der Waals surface area contributed by atoms with Crippen LogP contribution in [-0.2, 0) is 0 Å². The van der Waals surface area contributed by atoms with Crippen molar-refractivity contribution in [3.63, 3.8) is 0 Å². The normalized spacial score (nSPS) is 23.8. The average molecular weight is 452 g/mol. The molecule has 0 atom stereocenters. The van der Waals surface area contributed by atoms with Crippen LogP contribution >= 0.6 is 22.6 Å². The molecule has 2 N–H and O–H groups in total. The van der Waals surface area contributed by atoms with Gasteiger partial charge >= 0.3 is 6.03 Å². The molecule has 1 spiro atoms. The maximum absolute atomic E-state index is 12.9. The van der Waals surface area contributed by atoms with Crippen molar-refractivity contribution in [3.8, 4) is 0 Å². The van der Waals surface area contributed by atoms with E-state index in [0.717, 1.165) is 41.0 Å². The minimum atomic E-state index is -0.315. The second kappa shape index (κ2) is 7.23. The van der Waals surface area contributed by atoms with Gasteiger partial charge in [0.15, 0.2) is 0 Å². The number of rotatable bonds is 2. The molecule has 134 valence electrons. The largest absolute Gasteiger partial charge is 0.369 e. The monoisotopic (exact) mass is 452 g/mol. The van der Waals surface area contributed by atoms with Crippen molar-refractivity contribution in [3.05, 3.63) is 27.8 Å². The Morgan fingerprint density at radius 1 is 1.20 bits per heavy atom. The molecule has 1 saturated carbocycles. The third kappa shape index (κ3) is 3.30. The number of urea groups is 1. The number of amides is 2. The second-order valence-corrected chi connectivity index (χ2v) is 8.56. The van der Waals surface area contributed by atoms with Crippen LogP contribution in [0.2, 0.25) is 0 Å². The molecule has 25 heavy (non-hydrogen) atoms. The summed E-state index contributed by atoms with van der Waals surface area (Å²) < 4.78 is 1.14. The zero-order valence-corrected chi connectivity index (χ0v) is 16.6. The summed E-state index contributed by atoms with van der Waals surface area (Å²) in [6.45, 7) is 1.83. The molecular formula is C19H25IN4O. The Balaban J connectivity index is 1.66. The average Bonchev–Trinajstić information content (AvgIpc) is 2.87. The van der Waals surface area contributed by atoms with E-state index in [1.54, 1.807) is 0 Å². The highest BCUT2D eigenvalue weighted by atomic mass is 127. The second-order valence-electron chi connectivity index (χ2n) is 7.32. The number of piperidine rings is 1. The van der Waals surface area contributed by atoms with E-state index < -0.39 is 0 Å². The van der Waals surface area contributed by atoms with Crippen LogP contribution < -0.4 is 15.5 Å². The van der Waals surface area contributed by atoms with Gasteiger partial charge in [0.25, 0.3) is 0 Å². The third-order valence-electron chi connectivity index (χ3n) is 5.71. The molecular weight excluding hydrogens is 427 g/mol. The first-order chi connectivity index (χ1) is 12.2. The smallest absolute Gasteiger partial charge is 0.350 e. The van der Waals surface area contributed by atoms with E-state index in [1.807, 2.05) is 17.0 Å². The van der Waals surface area contributed by atoms with Gasteiger partial charge in [-0.15, -0.1) is 0 Å². The summed E-state index contributed by atoms with van der Waals surface area (Å²) in [6, 6.07) is 8.53. The lowest BCUT2D eigenvalue weighted by Crippen LogP contribution is -2.61. The van der Waals surface area contributed by atoms with Crippen molar-refractivity contribution < 1.29 is 4.79 Å². The van der Waals surface area contributed by atoms with Gasteiger partial charge in [-0.05, 0) is 79.6 Å². The van der Waals surface area contributed by atoms with Crippen LogP contribution in [0.4, 0.5) is 10.5 Å². The number of hydrogen-bond donors (Lipinski definition) is 2. The van der Waals surface area contributed by atoms with Gasteiger partial charge in [-0.2, -0.15) is 4.99 Å². The Kier molecular flexibility index (Phi) is 4.99. The fraction of sp³-hybridized carbons (Fsp3) is 0.579. The fourth-order valence-corrected chi connectivity index (χ4v) is 4.95. The summed E-state index contributed by atoms with van der Waals surface area (Å²) in [5, 5.41) is 7.12. The number of nitrogens with zero attached hydrogens (tertiary/aromatic N) is 2. The number of halogens is 1. The Bertz CT molecular complexity index is 678. The van der Waals surface area contributed by atoms with Gasteiger partial charge in [0.2, 0.25) is 0 Å². The van der Waals surface area contributed by atoms with E-state index in [2.05, 4.69) is 50.3 Å². The summed E-state index contributed by atoms with van der Waals surface area (Å²) in [4.78, 5) is 19.3. The van der Waals surface area contributed by atoms with Gasteiger partial charge in [-0.1, -0.05) is 25.3 Å². The van der Waals surface area contributed by atoms with Crippen LogP contribution in [0, 0.1) is 3.57 Å². The lowest BCUT2D eigenvalue weighted by Gasteiger charge is -2.43. The number of aliphatic imine (C=N–C) groups is 1. The molecule has 1 saturated heterocycles. The van der Waals surface area contributed by atoms with Gasteiger partial charge in [-0.25, -0.2) is 4.79 Å². The molecule has 2 heterocycles. The van der Waals surface area contributed by atoms with Gasteiger partial charge in [0.1, 0.15) is 11.4 Å². The molecule has 2 aliphatic heterocycles. The Morgan fingerprint density at radius 2 is 1.96 bits per heavy atom. The Hall–Kier alpha value is -1.15. The van der Waals surface area contributed by atoms with Crippen molar-refractivity contribution >= 4 is 40.1 Å². The van der Waals surface area contributed by atoms with Crippen LogP contribution in [-0.4, -0.2) is 36.5 Å². The number of anilines is 1. The molecule has 5 nitrogen and oxygen atoms in total. The minimum Gasteiger partial charge on any atom is -0.369 e. The van der Waals surface area contributed by atoms with E-state index in [-0.39, 0.29) is 11.6 Å². The predicted octanol–water partition coefficient (Wildman–Crippen LogP) is 3.67. The molecule has 0 aromatic heterocycles. The third-order valence-corrected chi connectivity index (χ3v) is 6.38. The van der Waals surface area contributed by atoms with E-state index in [0.29, 0.717) is 6.04 Å². The molecule has 3 aliphatic rings. The number of amidine groups is 1. The number of hydrogen-bond acceptors (Lipinski definition) is 3. The molecule has 1 aromatic carbocycles. The summed E-state index contributed by atoms with van der Waals surface area (Å²) in [5.41, 5.74) is 0.646. The zero-order chi connectivity index (χ0) is 17.3. The SMILES string of the molecule is O=C1N=C(NC2CCCCC2)C2(CCNCC2)N1c1cccc(I)c1. The zero-order valence-electron chi connectivity index (χ0n) is 14.4. The fourth-order valence-electron chi connectivity index (χ4n) is 4.42. The number of benzene rings is 1. The number of carbonyl (C=O) groups is 1. The molecule has 2 fully saturated rings. The van der Waals surface area contributed by atoms with Crippen LogP contribution in [0.25, 0.3) is 0 Å². The highest BCUT2D eigenvalue weighted by Crippen LogP contribution is 2.38. The van der Waals surface area contributed by atoms with Gasteiger partial charge in [0, 0.05) is 15.3 Å². The molecule has 1 aliphatic carbocycles. The summed E-state index contributed by atoms with van der Waals surface area (Å²) in [7, 11) is 0. The standard InChI is InChI=1S/C19H25IN4O/c20-14-5-4-8-16(13-14)24-18(25)23-17(19(24)9-11-21-12-10-19)22-15-6-2-1-3-7-15/h4-5,8,13,15,21H,1-3,6-7,9-12H2,(H,22,23,25). The van der Waals surface area contributed by atoms with Crippen LogP contribution in [0.15, 0.2) is 29.3 Å². The Labute approximate surface area is 162 Å². The van der Waals surface area contributed by atoms with E-state index in [9.17, 15) is 4.79 Å². The minimum absolute atomic E-state index is 0.123. The lowest BCUT2D eigenvalue weighted by atomic mass is 9.84. The highest BCUT2D eigenvalue weighted by molar-refractivity contribution is 14.1. The van der Waals surface area contributed by atoms with Gasteiger partial charge in [0.05, 0.1) is 0 Å². The molecule has 0 radical (unpaired) electrons. The first-order valence-electron chi connectivity index (χ1n) is 9.35. The first-order valence-corrected chi connectivity index (χ1v) is 10.4. The van der Waals surface area contributed by atoms with Crippen molar-refractivity contribution in [2.24, 2.45) is 4.99 Å². The quantitative estimate of drug-likeness (QED) is 0.674. The Morgan fingerprint density at radius 3 is 2.68 bits per heavy atom. The van der Waals surface area contributed by atoms with Gasteiger partial charge in [-0.3, -0.25) is 4.90 Å². The molecule has 6 heteroatoms. The van der Waals surface area contributed by atoms with E-state index in [4.69, 9.17) is 0 Å². The van der Waals surface area contributed by atoms with Crippen molar-refractivity contribution in [2.45, 2.75) is 56.5 Å². The van der Waals surface area contributed by atoms with Crippen LogP contribution in [0.5, 0.6) is 0 Å². The molecule has 4 rings (SSSR count). The number of carbonyl (C=O) groups excluding carboxylic acids is 1. The molecule has 0 unspecified atom stereocenters. The van der Waals surface area contributed by atoms with Gasteiger partial charge < -0.3 is 10.6 Å². The summed E-state index contributed by atoms with van der Waals surface area (Å²) >= 11 is 2.30. The molecule has 2 amide bonds. The maximum Gasteiger partial charge on any atom is 0.350 e. The van der Waals surface area contributed by atoms with E-state index in [1.165, 1.54) is 32.1 Å². The highest BCUT2D eigenvalue weighted by Gasteiger charge is 2.51. The molecule has 0 bridgehead atoms. The predicted molar refractivity (Wildman–Crippen MR) is 109 cm³/mol. The van der Waals surface area contributed by atoms with Crippen molar-refractivity contribution in [1.29, 1.82) is 0 Å². The van der Waals surface area contributed by atoms with Crippen LogP contribution in [0.1, 0.15) is 44.9 Å². The maximum atomic E-state index is 12.9. The lowest BCUT2D eigenvalue weighted by molar-refractivity contribution is 0.250. The molecule has 1 aromatic rings. The summed E-state index contributed by atoms with van der Waals surface area (Å²) in [5.74, 6) is 0.907. The topological polar surface area (TPSA) is 56.7 Å². The van der Waals surface area contributed by atoms with Crippen molar-refractivity contribution in [1.82, 2.24) is 10.6 Å². The summed E-state index contributed by atoms with van der Waals surface area (Å²) in [6.07, 6.45) is 8.05. The number of nitrogens with one attached hydrogen (secondary N) is 2. The van der Waals surface area contributed by atoms with E-state index >= 15 is 0 Å².